The molecule has 4 aromatic rings. The Morgan fingerprint density at radius 3 is 2.21 bits per heavy atom. The van der Waals surface area contributed by atoms with Crippen LogP contribution in [-0.4, -0.2) is 23.3 Å². The first-order valence-corrected chi connectivity index (χ1v) is 9.42. The van der Waals surface area contributed by atoms with Crippen LogP contribution in [0.2, 0.25) is 0 Å². The molecule has 0 aliphatic rings. The SMILES string of the molecule is COCCCn1c(-c2ccc(-c3ccccc3)cc2)nc2ccccc2c1=O. The van der Waals surface area contributed by atoms with Crippen LogP contribution in [0.15, 0.2) is 83.7 Å². The molecule has 140 valence electrons. The average Bonchev–Trinajstić information content (AvgIpc) is 2.76. The second-order valence-electron chi connectivity index (χ2n) is 6.70. The Morgan fingerprint density at radius 1 is 0.821 bits per heavy atom. The van der Waals surface area contributed by atoms with Crippen molar-refractivity contribution >= 4 is 10.9 Å². The van der Waals surface area contributed by atoms with Gasteiger partial charge in [0.2, 0.25) is 0 Å². The molecule has 0 aliphatic heterocycles. The molecular weight excluding hydrogens is 348 g/mol. The van der Waals surface area contributed by atoms with Crippen molar-refractivity contribution in [3.63, 3.8) is 0 Å². The number of ether oxygens (including phenoxy) is 1. The third-order valence-corrected chi connectivity index (χ3v) is 4.84. The minimum Gasteiger partial charge on any atom is -0.385 e. The monoisotopic (exact) mass is 370 g/mol. The topological polar surface area (TPSA) is 44.1 Å². The highest BCUT2D eigenvalue weighted by atomic mass is 16.5. The zero-order valence-electron chi connectivity index (χ0n) is 15.8. The van der Waals surface area contributed by atoms with Gasteiger partial charge in [0.25, 0.3) is 5.56 Å². The van der Waals surface area contributed by atoms with Gasteiger partial charge in [0.1, 0.15) is 5.82 Å². The summed E-state index contributed by atoms with van der Waals surface area (Å²) in [6.07, 6.45) is 0.755. The van der Waals surface area contributed by atoms with Gasteiger partial charge in [-0.3, -0.25) is 9.36 Å². The molecule has 0 spiro atoms. The number of benzene rings is 3. The smallest absolute Gasteiger partial charge is 0.261 e. The number of nitrogens with zero attached hydrogens (tertiary/aromatic N) is 2. The lowest BCUT2D eigenvalue weighted by molar-refractivity contribution is 0.190. The van der Waals surface area contributed by atoms with Crippen LogP contribution in [0.3, 0.4) is 0 Å². The highest BCUT2D eigenvalue weighted by Gasteiger charge is 2.12. The van der Waals surface area contributed by atoms with Gasteiger partial charge in [-0.15, -0.1) is 0 Å². The molecule has 0 bridgehead atoms. The van der Waals surface area contributed by atoms with E-state index >= 15 is 0 Å². The van der Waals surface area contributed by atoms with E-state index in [1.165, 1.54) is 0 Å². The van der Waals surface area contributed by atoms with Crippen LogP contribution in [0.1, 0.15) is 6.42 Å². The minimum absolute atomic E-state index is 0.0103. The number of methoxy groups -OCH3 is 1. The van der Waals surface area contributed by atoms with E-state index in [0.29, 0.717) is 24.4 Å². The van der Waals surface area contributed by atoms with E-state index in [-0.39, 0.29) is 5.56 Å². The van der Waals surface area contributed by atoms with Crippen LogP contribution in [0, 0.1) is 0 Å². The average molecular weight is 370 g/mol. The Hall–Kier alpha value is -3.24. The van der Waals surface area contributed by atoms with E-state index in [1.54, 1.807) is 11.7 Å². The number of para-hydroxylation sites is 1. The fourth-order valence-electron chi connectivity index (χ4n) is 3.41. The van der Waals surface area contributed by atoms with Crippen LogP contribution in [-0.2, 0) is 11.3 Å². The molecule has 4 rings (SSSR count). The van der Waals surface area contributed by atoms with E-state index in [4.69, 9.17) is 9.72 Å². The zero-order chi connectivity index (χ0) is 19.3. The molecule has 0 radical (unpaired) electrons. The second kappa shape index (κ2) is 8.19. The molecule has 1 heterocycles. The molecule has 1 aromatic heterocycles. The normalized spacial score (nSPS) is 11.0. The van der Waals surface area contributed by atoms with Gasteiger partial charge in [0.05, 0.1) is 10.9 Å². The number of hydrogen-bond donors (Lipinski definition) is 0. The molecule has 0 N–H and O–H groups in total. The van der Waals surface area contributed by atoms with Crippen molar-refractivity contribution < 1.29 is 4.74 Å². The van der Waals surface area contributed by atoms with Crippen LogP contribution < -0.4 is 5.56 Å². The Kier molecular flexibility index (Phi) is 5.31. The maximum atomic E-state index is 13.1. The van der Waals surface area contributed by atoms with Gasteiger partial charge in [-0.05, 0) is 29.7 Å². The van der Waals surface area contributed by atoms with Crippen LogP contribution in [0.25, 0.3) is 33.4 Å². The fourth-order valence-corrected chi connectivity index (χ4v) is 3.41. The molecule has 0 atom stereocenters. The summed E-state index contributed by atoms with van der Waals surface area (Å²) >= 11 is 0. The summed E-state index contributed by atoms with van der Waals surface area (Å²) < 4.78 is 6.93. The molecule has 0 unspecified atom stereocenters. The van der Waals surface area contributed by atoms with Crippen molar-refractivity contribution in [1.29, 1.82) is 0 Å². The second-order valence-corrected chi connectivity index (χ2v) is 6.70. The van der Waals surface area contributed by atoms with Gasteiger partial charge in [0.15, 0.2) is 0 Å². The van der Waals surface area contributed by atoms with Crippen molar-refractivity contribution in [3.05, 3.63) is 89.2 Å². The van der Waals surface area contributed by atoms with Crippen LogP contribution in [0.4, 0.5) is 0 Å². The molecule has 28 heavy (non-hydrogen) atoms. The first kappa shape index (κ1) is 18.1. The quantitative estimate of drug-likeness (QED) is 0.459. The highest BCUT2D eigenvalue weighted by molar-refractivity contribution is 5.80. The lowest BCUT2D eigenvalue weighted by atomic mass is 10.0. The third kappa shape index (κ3) is 3.59. The summed E-state index contributed by atoms with van der Waals surface area (Å²) in [7, 11) is 1.67. The van der Waals surface area contributed by atoms with Crippen molar-refractivity contribution in [2.24, 2.45) is 0 Å². The first-order valence-electron chi connectivity index (χ1n) is 9.42. The lowest BCUT2D eigenvalue weighted by Crippen LogP contribution is -2.24. The van der Waals surface area contributed by atoms with E-state index in [9.17, 15) is 4.79 Å². The molecule has 0 saturated heterocycles. The maximum absolute atomic E-state index is 13.1. The van der Waals surface area contributed by atoms with E-state index in [1.807, 2.05) is 54.6 Å². The number of fused-ring (bicyclic) bond motifs is 1. The molecule has 4 heteroatoms. The van der Waals surface area contributed by atoms with Gasteiger partial charge < -0.3 is 4.74 Å². The van der Waals surface area contributed by atoms with E-state index in [2.05, 4.69) is 24.3 Å². The number of hydrogen-bond acceptors (Lipinski definition) is 3. The van der Waals surface area contributed by atoms with Gasteiger partial charge in [-0.2, -0.15) is 0 Å². The van der Waals surface area contributed by atoms with Crippen molar-refractivity contribution in [2.75, 3.05) is 13.7 Å². The van der Waals surface area contributed by atoms with E-state index in [0.717, 1.165) is 28.6 Å². The summed E-state index contributed by atoms with van der Waals surface area (Å²) in [5.74, 6) is 0.694. The van der Waals surface area contributed by atoms with Gasteiger partial charge >= 0.3 is 0 Å². The lowest BCUT2D eigenvalue weighted by Gasteiger charge is -2.14. The molecule has 0 aliphatic carbocycles. The summed E-state index contributed by atoms with van der Waals surface area (Å²) in [6.45, 7) is 1.17. The Bertz CT molecular complexity index is 1130. The van der Waals surface area contributed by atoms with Crippen molar-refractivity contribution in [3.8, 4) is 22.5 Å². The standard InChI is InChI=1S/C24H22N2O2/c1-28-17-7-16-26-23(25-22-11-6-5-10-21(22)24(26)27)20-14-12-19(13-15-20)18-8-3-2-4-9-18/h2-6,8-15H,7,16-17H2,1H3. The minimum atomic E-state index is -0.0103. The molecule has 3 aromatic carbocycles. The Morgan fingerprint density at radius 2 is 1.46 bits per heavy atom. The predicted octanol–water partition coefficient (Wildman–Crippen LogP) is 4.77. The van der Waals surface area contributed by atoms with Gasteiger partial charge in [-0.1, -0.05) is 66.7 Å². The van der Waals surface area contributed by atoms with Crippen molar-refractivity contribution in [1.82, 2.24) is 9.55 Å². The molecular formula is C24H22N2O2. The van der Waals surface area contributed by atoms with Crippen molar-refractivity contribution in [2.45, 2.75) is 13.0 Å². The fraction of sp³-hybridized carbons (Fsp3) is 0.167. The molecule has 4 nitrogen and oxygen atoms in total. The largest absolute Gasteiger partial charge is 0.385 e. The first-order chi connectivity index (χ1) is 13.8. The molecule has 0 amide bonds. The van der Waals surface area contributed by atoms with Gasteiger partial charge in [0, 0.05) is 25.8 Å². The Balaban J connectivity index is 1.80. The number of rotatable bonds is 6. The summed E-state index contributed by atoms with van der Waals surface area (Å²) in [4.78, 5) is 17.9. The number of aromatic nitrogens is 2. The predicted molar refractivity (Wildman–Crippen MR) is 113 cm³/mol. The maximum Gasteiger partial charge on any atom is 0.261 e. The van der Waals surface area contributed by atoms with Crippen LogP contribution >= 0.6 is 0 Å². The Labute approximate surface area is 164 Å². The molecule has 0 fully saturated rings. The summed E-state index contributed by atoms with van der Waals surface area (Å²) in [5, 5.41) is 0.643. The van der Waals surface area contributed by atoms with E-state index < -0.39 is 0 Å². The summed E-state index contributed by atoms with van der Waals surface area (Å²) in [5.41, 5.74) is 3.94. The van der Waals surface area contributed by atoms with Gasteiger partial charge in [-0.25, -0.2) is 4.98 Å². The zero-order valence-corrected chi connectivity index (χ0v) is 15.8. The summed E-state index contributed by atoms with van der Waals surface area (Å²) in [6, 6.07) is 26.0. The highest BCUT2D eigenvalue weighted by Crippen LogP contribution is 2.24. The third-order valence-electron chi connectivity index (χ3n) is 4.84. The van der Waals surface area contributed by atoms with Crippen LogP contribution in [0.5, 0.6) is 0 Å². The molecule has 0 saturated carbocycles.